The van der Waals surface area contributed by atoms with Gasteiger partial charge < -0.3 is 10.2 Å². The number of rotatable bonds is 3. The Kier molecular flexibility index (Phi) is 4.46. The summed E-state index contributed by atoms with van der Waals surface area (Å²) in [4.78, 5) is 20.9. The SMILES string of the molecule is O=C(Nc1nc2c(s1)CCCC2)[C@@H]1CCCN1c1ccc(Cl)cc1. The number of anilines is 2. The van der Waals surface area contributed by atoms with Crippen LogP contribution in [-0.2, 0) is 17.6 Å². The number of hydrogen-bond donors (Lipinski definition) is 1. The van der Waals surface area contributed by atoms with E-state index in [1.807, 2.05) is 24.3 Å². The minimum atomic E-state index is -0.132. The molecule has 1 aromatic heterocycles. The van der Waals surface area contributed by atoms with Crippen molar-refractivity contribution in [2.45, 2.75) is 44.6 Å². The number of thiazole rings is 1. The number of fused-ring (bicyclic) bond motifs is 1. The van der Waals surface area contributed by atoms with Gasteiger partial charge in [-0.05, 0) is 62.8 Å². The maximum Gasteiger partial charge on any atom is 0.248 e. The zero-order valence-corrected chi connectivity index (χ0v) is 15.0. The number of amides is 1. The molecule has 0 saturated carbocycles. The van der Waals surface area contributed by atoms with Gasteiger partial charge in [-0.15, -0.1) is 11.3 Å². The van der Waals surface area contributed by atoms with Gasteiger partial charge in [0.05, 0.1) is 5.69 Å². The van der Waals surface area contributed by atoms with Crippen LogP contribution in [0.15, 0.2) is 24.3 Å². The average Bonchev–Trinajstić information content (AvgIpc) is 3.21. The second-order valence-electron chi connectivity index (χ2n) is 6.41. The van der Waals surface area contributed by atoms with Gasteiger partial charge in [0.1, 0.15) is 6.04 Å². The third kappa shape index (κ3) is 3.15. The van der Waals surface area contributed by atoms with E-state index in [4.69, 9.17) is 11.6 Å². The molecule has 1 atom stereocenters. The normalized spacial score (nSPS) is 20.0. The Hall–Kier alpha value is -1.59. The van der Waals surface area contributed by atoms with E-state index >= 15 is 0 Å². The topological polar surface area (TPSA) is 45.2 Å². The lowest BCUT2D eigenvalue weighted by Gasteiger charge is -2.25. The quantitative estimate of drug-likeness (QED) is 0.887. The summed E-state index contributed by atoms with van der Waals surface area (Å²) in [7, 11) is 0. The fourth-order valence-corrected chi connectivity index (χ4v) is 4.75. The maximum absolute atomic E-state index is 12.8. The Morgan fingerprint density at radius 2 is 2.00 bits per heavy atom. The summed E-state index contributed by atoms with van der Waals surface area (Å²) in [6.07, 6.45) is 6.48. The molecular formula is C18H20ClN3OS. The number of halogens is 1. The molecule has 1 fully saturated rings. The van der Waals surface area contributed by atoms with Crippen molar-refractivity contribution in [3.8, 4) is 0 Å². The number of aromatic nitrogens is 1. The van der Waals surface area contributed by atoms with Crippen molar-refractivity contribution >= 4 is 39.7 Å². The predicted octanol–water partition coefficient (Wildman–Crippen LogP) is 4.28. The number of benzene rings is 1. The molecule has 2 heterocycles. The number of nitrogens with zero attached hydrogens (tertiary/aromatic N) is 2. The molecule has 1 aliphatic carbocycles. The number of carbonyl (C=O) groups is 1. The Balaban J connectivity index is 1.48. The highest BCUT2D eigenvalue weighted by Gasteiger charge is 2.31. The summed E-state index contributed by atoms with van der Waals surface area (Å²) >= 11 is 7.61. The van der Waals surface area contributed by atoms with Gasteiger partial charge in [-0.1, -0.05) is 11.6 Å². The first-order valence-electron chi connectivity index (χ1n) is 8.52. The van der Waals surface area contributed by atoms with Gasteiger partial charge in [-0.2, -0.15) is 0 Å². The molecule has 4 rings (SSSR count). The van der Waals surface area contributed by atoms with Crippen molar-refractivity contribution in [3.63, 3.8) is 0 Å². The van der Waals surface area contributed by atoms with Gasteiger partial charge in [0.25, 0.3) is 0 Å². The van der Waals surface area contributed by atoms with E-state index in [2.05, 4.69) is 15.2 Å². The fourth-order valence-electron chi connectivity index (χ4n) is 3.58. The number of nitrogens with one attached hydrogen (secondary N) is 1. The van der Waals surface area contributed by atoms with E-state index in [1.165, 1.54) is 23.4 Å². The van der Waals surface area contributed by atoms with Crippen LogP contribution >= 0.6 is 22.9 Å². The summed E-state index contributed by atoms with van der Waals surface area (Å²) in [5.41, 5.74) is 2.23. The number of carbonyl (C=O) groups excluding carboxylic acids is 1. The van der Waals surface area contributed by atoms with Crippen LogP contribution < -0.4 is 10.2 Å². The lowest BCUT2D eigenvalue weighted by Crippen LogP contribution is -2.39. The first-order valence-corrected chi connectivity index (χ1v) is 9.72. The molecule has 1 aliphatic heterocycles. The van der Waals surface area contributed by atoms with Gasteiger partial charge in [-0.3, -0.25) is 4.79 Å². The van der Waals surface area contributed by atoms with Crippen LogP contribution in [0.2, 0.25) is 5.02 Å². The van der Waals surface area contributed by atoms with Gasteiger partial charge in [0.2, 0.25) is 5.91 Å². The van der Waals surface area contributed by atoms with E-state index in [0.717, 1.165) is 43.0 Å². The second kappa shape index (κ2) is 6.73. The summed E-state index contributed by atoms with van der Waals surface area (Å²) in [6.45, 7) is 0.897. The number of aryl methyl sites for hydroxylation is 2. The van der Waals surface area contributed by atoms with Crippen LogP contribution in [0.5, 0.6) is 0 Å². The summed E-state index contributed by atoms with van der Waals surface area (Å²) in [5.74, 6) is 0.0496. The molecule has 1 saturated heterocycles. The van der Waals surface area contributed by atoms with Gasteiger partial charge in [0, 0.05) is 22.1 Å². The molecule has 126 valence electrons. The minimum Gasteiger partial charge on any atom is -0.360 e. The molecule has 6 heteroatoms. The molecule has 1 amide bonds. The first kappa shape index (κ1) is 15.9. The molecule has 0 radical (unpaired) electrons. The lowest BCUT2D eigenvalue weighted by molar-refractivity contribution is -0.117. The van der Waals surface area contributed by atoms with E-state index in [9.17, 15) is 4.79 Å². The van der Waals surface area contributed by atoms with Crippen LogP contribution in [0.3, 0.4) is 0 Å². The van der Waals surface area contributed by atoms with Crippen LogP contribution in [0, 0.1) is 0 Å². The van der Waals surface area contributed by atoms with Crippen molar-refractivity contribution in [1.82, 2.24) is 4.98 Å². The molecule has 1 aromatic carbocycles. The Morgan fingerprint density at radius 1 is 1.21 bits per heavy atom. The largest absolute Gasteiger partial charge is 0.360 e. The summed E-state index contributed by atoms with van der Waals surface area (Å²) in [6, 6.07) is 7.58. The predicted molar refractivity (Wildman–Crippen MR) is 99.2 cm³/mol. The Labute approximate surface area is 150 Å². The number of hydrogen-bond acceptors (Lipinski definition) is 4. The van der Waals surface area contributed by atoms with Crippen LogP contribution in [0.4, 0.5) is 10.8 Å². The van der Waals surface area contributed by atoms with Gasteiger partial charge in [-0.25, -0.2) is 4.98 Å². The highest BCUT2D eigenvalue weighted by Crippen LogP contribution is 2.31. The zero-order valence-electron chi connectivity index (χ0n) is 13.4. The highest BCUT2D eigenvalue weighted by molar-refractivity contribution is 7.15. The third-order valence-corrected chi connectivity index (χ3v) is 6.11. The zero-order chi connectivity index (χ0) is 16.5. The smallest absolute Gasteiger partial charge is 0.248 e. The Bertz CT molecular complexity index is 720. The van der Waals surface area contributed by atoms with Crippen molar-refractivity contribution < 1.29 is 4.79 Å². The summed E-state index contributed by atoms with van der Waals surface area (Å²) in [5, 5.41) is 4.53. The molecule has 0 unspecified atom stereocenters. The lowest BCUT2D eigenvalue weighted by atomic mass is 10.0. The van der Waals surface area contributed by atoms with Crippen molar-refractivity contribution in [2.75, 3.05) is 16.8 Å². The summed E-state index contributed by atoms with van der Waals surface area (Å²) < 4.78 is 0. The molecule has 1 N–H and O–H groups in total. The average molecular weight is 362 g/mol. The van der Waals surface area contributed by atoms with Gasteiger partial charge in [0.15, 0.2) is 5.13 Å². The molecule has 2 aromatic rings. The molecule has 4 nitrogen and oxygen atoms in total. The first-order chi connectivity index (χ1) is 11.7. The third-order valence-electron chi connectivity index (χ3n) is 4.79. The molecule has 2 aliphatic rings. The maximum atomic E-state index is 12.8. The molecule has 0 spiro atoms. The fraction of sp³-hybridized carbons (Fsp3) is 0.444. The van der Waals surface area contributed by atoms with E-state index in [1.54, 1.807) is 11.3 Å². The van der Waals surface area contributed by atoms with Crippen LogP contribution in [0.25, 0.3) is 0 Å². The Morgan fingerprint density at radius 3 is 2.79 bits per heavy atom. The van der Waals surface area contributed by atoms with E-state index in [0.29, 0.717) is 5.02 Å². The van der Waals surface area contributed by atoms with Crippen LogP contribution in [-0.4, -0.2) is 23.5 Å². The van der Waals surface area contributed by atoms with Crippen molar-refractivity contribution in [2.24, 2.45) is 0 Å². The minimum absolute atomic E-state index is 0.0496. The van der Waals surface area contributed by atoms with Crippen molar-refractivity contribution in [1.29, 1.82) is 0 Å². The monoisotopic (exact) mass is 361 g/mol. The van der Waals surface area contributed by atoms with E-state index in [-0.39, 0.29) is 11.9 Å². The van der Waals surface area contributed by atoms with Crippen molar-refractivity contribution in [3.05, 3.63) is 39.9 Å². The van der Waals surface area contributed by atoms with Crippen LogP contribution in [0.1, 0.15) is 36.3 Å². The highest BCUT2D eigenvalue weighted by atomic mass is 35.5. The molecule has 24 heavy (non-hydrogen) atoms. The molecular weight excluding hydrogens is 342 g/mol. The van der Waals surface area contributed by atoms with Gasteiger partial charge >= 0.3 is 0 Å². The standard InChI is InChI=1S/C18H20ClN3OS/c19-12-7-9-13(10-8-12)22-11-3-5-15(22)17(23)21-18-20-14-4-1-2-6-16(14)24-18/h7-10,15H,1-6,11H2,(H,20,21,23)/t15-/m0/s1. The second-order valence-corrected chi connectivity index (χ2v) is 7.93. The van der Waals surface area contributed by atoms with E-state index < -0.39 is 0 Å². The molecule has 0 bridgehead atoms.